The molecule has 1 rings (SSSR count). The lowest BCUT2D eigenvalue weighted by Gasteiger charge is -2.31. The molecule has 0 spiro atoms. The molecule has 0 aromatic rings. The number of aliphatic hydroxyl groups is 1. The Balaban J connectivity index is 2.19. The second-order valence-electron chi connectivity index (χ2n) is 4.65. The van der Waals surface area contributed by atoms with E-state index >= 15 is 0 Å². The van der Waals surface area contributed by atoms with E-state index in [1.165, 1.54) is 32.1 Å². The van der Waals surface area contributed by atoms with Gasteiger partial charge in [0.15, 0.2) is 0 Å². The van der Waals surface area contributed by atoms with E-state index in [-0.39, 0.29) is 6.10 Å². The molecule has 1 aliphatic rings. The first-order chi connectivity index (χ1) is 6.74. The summed E-state index contributed by atoms with van der Waals surface area (Å²) in [5.74, 6) is 0.873. The van der Waals surface area contributed by atoms with Crippen molar-refractivity contribution in [1.82, 2.24) is 5.32 Å². The lowest BCUT2D eigenvalue weighted by atomic mass is 9.83. The second kappa shape index (κ2) is 6.41. The fourth-order valence-corrected chi connectivity index (χ4v) is 2.44. The van der Waals surface area contributed by atoms with E-state index in [4.69, 9.17) is 5.11 Å². The molecule has 1 saturated carbocycles. The zero-order chi connectivity index (χ0) is 10.4. The average Bonchev–Trinajstić information content (AvgIpc) is 2.18. The van der Waals surface area contributed by atoms with Crippen LogP contribution in [0.5, 0.6) is 0 Å². The van der Waals surface area contributed by atoms with Crippen LogP contribution in [0.2, 0.25) is 0 Å². The maximum Gasteiger partial charge on any atom is 0.0524 e. The van der Waals surface area contributed by atoms with E-state index in [0.717, 1.165) is 18.9 Å². The van der Waals surface area contributed by atoms with Gasteiger partial charge in [0, 0.05) is 6.04 Å². The fraction of sp³-hybridized carbons (Fsp3) is 1.00. The molecule has 2 heteroatoms. The molecule has 0 aromatic carbocycles. The van der Waals surface area contributed by atoms with Crippen LogP contribution in [-0.2, 0) is 0 Å². The summed E-state index contributed by atoms with van der Waals surface area (Å²) >= 11 is 0. The fourth-order valence-electron chi connectivity index (χ4n) is 2.44. The number of hydrogen-bond acceptors (Lipinski definition) is 2. The van der Waals surface area contributed by atoms with E-state index < -0.39 is 0 Å². The lowest BCUT2D eigenvalue weighted by Crippen LogP contribution is -2.39. The van der Waals surface area contributed by atoms with Crippen molar-refractivity contribution >= 4 is 0 Å². The smallest absolute Gasteiger partial charge is 0.0524 e. The third-order valence-electron chi connectivity index (χ3n) is 3.40. The molecule has 1 fully saturated rings. The van der Waals surface area contributed by atoms with Crippen molar-refractivity contribution < 1.29 is 5.11 Å². The maximum absolute atomic E-state index is 9.16. The molecule has 0 aromatic heterocycles. The van der Waals surface area contributed by atoms with Crippen molar-refractivity contribution in [2.24, 2.45) is 5.92 Å². The van der Waals surface area contributed by atoms with Gasteiger partial charge in [-0.05, 0) is 38.6 Å². The Labute approximate surface area is 88.1 Å². The predicted molar refractivity (Wildman–Crippen MR) is 60.3 cm³/mol. The molecule has 0 saturated heterocycles. The minimum absolute atomic E-state index is 0.161. The SMILES string of the molecule is CCC1CCCCC1NCCC(C)O. The van der Waals surface area contributed by atoms with Gasteiger partial charge in [-0.2, -0.15) is 0 Å². The molecule has 0 heterocycles. The van der Waals surface area contributed by atoms with E-state index in [2.05, 4.69) is 12.2 Å². The van der Waals surface area contributed by atoms with Gasteiger partial charge in [0.05, 0.1) is 6.10 Å². The monoisotopic (exact) mass is 199 g/mol. The van der Waals surface area contributed by atoms with Crippen molar-refractivity contribution in [2.45, 2.75) is 64.5 Å². The van der Waals surface area contributed by atoms with E-state index in [1.54, 1.807) is 0 Å². The number of rotatable bonds is 5. The predicted octanol–water partition coefficient (Wildman–Crippen LogP) is 2.32. The number of aliphatic hydroxyl groups excluding tert-OH is 1. The van der Waals surface area contributed by atoms with Crippen LogP contribution in [-0.4, -0.2) is 23.8 Å². The Hall–Kier alpha value is -0.0800. The van der Waals surface area contributed by atoms with Crippen LogP contribution in [0, 0.1) is 5.92 Å². The third kappa shape index (κ3) is 3.97. The molecular weight excluding hydrogens is 174 g/mol. The highest BCUT2D eigenvalue weighted by atomic mass is 16.3. The molecule has 84 valence electrons. The van der Waals surface area contributed by atoms with Crippen LogP contribution in [0.4, 0.5) is 0 Å². The highest BCUT2D eigenvalue weighted by Gasteiger charge is 2.22. The summed E-state index contributed by atoms with van der Waals surface area (Å²) in [5, 5.41) is 12.8. The summed E-state index contributed by atoms with van der Waals surface area (Å²) in [7, 11) is 0. The summed E-state index contributed by atoms with van der Waals surface area (Å²) in [6.07, 6.45) is 7.53. The Bertz CT molecular complexity index is 147. The van der Waals surface area contributed by atoms with Gasteiger partial charge in [0.25, 0.3) is 0 Å². The zero-order valence-electron chi connectivity index (χ0n) is 9.63. The molecule has 3 atom stereocenters. The highest BCUT2D eigenvalue weighted by molar-refractivity contribution is 4.80. The highest BCUT2D eigenvalue weighted by Crippen LogP contribution is 2.26. The largest absolute Gasteiger partial charge is 0.393 e. The lowest BCUT2D eigenvalue weighted by molar-refractivity contribution is 0.175. The van der Waals surface area contributed by atoms with Gasteiger partial charge in [-0.1, -0.05) is 26.2 Å². The van der Waals surface area contributed by atoms with Crippen molar-refractivity contribution in [1.29, 1.82) is 0 Å². The van der Waals surface area contributed by atoms with E-state index in [1.807, 2.05) is 6.92 Å². The maximum atomic E-state index is 9.16. The summed E-state index contributed by atoms with van der Waals surface area (Å²) < 4.78 is 0. The second-order valence-corrected chi connectivity index (χ2v) is 4.65. The van der Waals surface area contributed by atoms with Crippen LogP contribution in [0.1, 0.15) is 52.4 Å². The molecule has 0 amide bonds. The standard InChI is InChI=1S/C12H25NO/c1-3-11-6-4-5-7-12(11)13-9-8-10(2)14/h10-14H,3-9H2,1-2H3. The first kappa shape index (κ1) is 12.0. The molecule has 3 unspecified atom stereocenters. The number of hydrogen-bond donors (Lipinski definition) is 2. The third-order valence-corrected chi connectivity index (χ3v) is 3.40. The van der Waals surface area contributed by atoms with Crippen molar-refractivity contribution in [3.63, 3.8) is 0 Å². The van der Waals surface area contributed by atoms with Crippen LogP contribution in [0.25, 0.3) is 0 Å². The normalized spacial score (nSPS) is 30.2. The summed E-state index contributed by atoms with van der Waals surface area (Å²) in [5.41, 5.74) is 0. The topological polar surface area (TPSA) is 32.3 Å². The van der Waals surface area contributed by atoms with Crippen LogP contribution < -0.4 is 5.32 Å². The van der Waals surface area contributed by atoms with Gasteiger partial charge in [0.1, 0.15) is 0 Å². The van der Waals surface area contributed by atoms with Gasteiger partial charge < -0.3 is 10.4 Å². The van der Waals surface area contributed by atoms with Gasteiger partial charge >= 0.3 is 0 Å². The molecule has 0 aliphatic heterocycles. The van der Waals surface area contributed by atoms with Gasteiger partial charge in [-0.25, -0.2) is 0 Å². The zero-order valence-corrected chi connectivity index (χ0v) is 9.63. The summed E-state index contributed by atoms with van der Waals surface area (Å²) in [6.45, 7) is 5.12. The van der Waals surface area contributed by atoms with Gasteiger partial charge in [0.2, 0.25) is 0 Å². The first-order valence-electron chi connectivity index (χ1n) is 6.15. The Morgan fingerprint density at radius 2 is 2.07 bits per heavy atom. The Kier molecular flexibility index (Phi) is 5.49. The van der Waals surface area contributed by atoms with E-state index in [9.17, 15) is 0 Å². The first-order valence-corrected chi connectivity index (χ1v) is 6.15. The quantitative estimate of drug-likeness (QED) is 0.712. The van der Waals surface area contributed by atoms with Crippen molar-refractivity contribution in [3.05, 3.63) is 0 Å². The summed E-state index contributed by atoms with van der Waals surface area (Å²) in [4.78, 5) is 0. The Morgan fingerprint density at radius 1 is 1.36 bits per heavy atom. The molecule has 14 heavy (non-hydrogen) atoms. The van der Waals surface area contributed by atoms with Crippen molar-refractivity contribution in [3.8, 4) is 0 Å². The van der Waals surface area contributed by atoms with Crippen LogP contribution >= 0.6 is 0 Å². The van der Waals surface area contributed by atoms with Crippen LogP contribution in [0.3, 0.4) is 0 Å². The van der Waals surface area contributed by atoms with Crippen LogP contribution in [0.15, 0.2) is 0 Å². The molecular formula is C12H25NO. The molecule has 0 bridgehead atoms. The minimum Gasteiger partial charge on any atom is -0.393 e. The molecule has 1 aliphatic carbocycles. The molecule has 2 nitrogen and oxygen atoms in total. The van der Waals surface area contributed by atoms with Gasteiger partial charge in [-0.3, -0.25) is 0 Å². The average molecular weight is 199 g/mol. The minimum atomic E-state index is -0.161. The molecule has 0 radical (unpaired) electrons. The van der Waals surface area contributed by atoms with E-state index in [0.29, 0.717) is 6.04 Å². The van der Waals surface area contributed by atoms with Gasteiger partial charge in [-0.15, -0.1) is 0 Å². The van der Waals surface area contributed by atoms with Crippen molar-refractivity contribution in [2.75, 3.05) is 6.54 Å². The Morgan fingerprint density at radius 3 is 2.71 bits per heavy atom. The number of nitrogens with one attached hydrogen (secondary N) is 1. The summed E-state index contributed by atoms with van der Waals surface area (Å²) in [6, 6.07) is 0.715. The molecule has 2 N–H and O–H groups in total.